The third-order valence-electron chi connectivity index (χ3n) is 7.04. The fraction of sp³-hybridized carbons (Fsp3) is 0.258. The predicted octanol–water partition coefficient (Wildman–Crippen LogP) is 6.18. The zero-order valence-corrected chi connectivity index (χ0v) is 23.5. The monoisotopic (exact) mass is 574 g/mol. The van der Waals surface area contributed by atoms with E-state index >= 15 is 0 Å². The number of thiazole rings is 1. The SMILES string of the molecule is CCOc1ccc([C@H]2C(=C(O)c3ccc4c(c3)C[C@@H](C)O4)C(=O)C(=O)N2c2nc3ccc(F)cc3s2)cc1OCC. The molecule has 2 aliphatic rings. The summed E-state index contributed by atoms with van der Waals surface area (Å²) in [5, 5.41) is 11.8. The van der Waals surface area contributed by atoms with Gasteiger partial charge in [0.1, 0.15) is 23.4 Å². The van der Waals surface area contributed by atoms with E-state index < -0.39 is 23.5 Å². The Labute approximate surface area is 239 Å². The van der Waals surface area contributed by atoms with Crippen molar-refractivity contribution in [3.05, 3.63) is 82.7 Å². The maximum Gasteiger partial charge on any atom is 0.301 e. The highest BCUT2D eigenvalue weighted by molar-refractivity contribution is 7.22. The van der Waals surface area contributed by atoms with Crippen LogP contribution in [0.5, 0.6) is 17.2 Å². The molecule has 0 aliphatic carbocycles. The average molecular weight is 575 g/mol. The number of amides is 1. The van der Waals surface area contributed by atoms with Crippen molar-refractivity contribution in [2.75, 3.05) is 18.1 Å². The van der Waals surface area contributed by atoms with Gasteiger partial charge in [-0.25, -0.2) is 9.37 Å². The molecule has 8 nitrogen and oxygen atoms in total. The fourth-order valence-corrected chi connectivity index (χ4v) is 6.31. The minimum atomic E-state index is -1.03. The zero-order valence-electron chi connectivity index (χ0n) is 22.6. The maximum atomic E-state index is 14.0. The maximum absolute atomic E-state index is 14.0. The third kappa shape index (κ3) is 4.67. The van der Waals surface area contributed by atoms with Gasteiger partial charge in [0, 0.05) is 12.0 Å². The number of nitrogens with zero attached hydrogens (tertiary/aromatic N) is 2. The van der Waals surface area contributed by atoms with Crippen LogP contribution in [-0.2, 0) is 16.0 Å². The van der Waals surface area contributed by atoms with E-state index in [9.17, 15) is 19.1 Å². The molecule has 0 bridgehead atoms. The van der Waals surface area contributed by atoms with Gasteiger partial charge in [0.05, 0.1) is 35.0 Å². The standard InChI is InChI=1S/C31H27FN2O6S/c1-4-38-23-11-6-17(14-24(23)39-5-2)27-26(28(35)18-7-10-22-19(13-18)12-16(3)40-22)29(36)30(37)34(27)31-33-21-9-8-20(32)15-25(21)41-31/h6-11,13-16,27,35H,4-5,12H2,1-3H3/t16-,27+/m1/s1. The molecule has 0 unspecified atom stereocenters. The topological polar surface area (TPSA) is 98.2 Å². The molecule has 4 aromatic rings. The second-order valence-corrected chi connectivity index (χ2v) is 10.8. The zero-order chi connectivity index (χ0) is 28.8. The van der Waals surface area contributed by atoms with Crippen molar-refractivity contribution in [2.24, 2.45) is 0 Å². The highest BCUT2D eigenvalue weighted by atomic mass is 32.1. The van der Waals surface area contributed by atoms with Crippen molar-refractivity contribution in [3.63, 3.8) is 0 Å². The van der Waals surface area contributed by atoms with Crippen molar-refractivity contribution < 1.29 is 33.3 Å². The number of ketones is 1. The molecule has 2 atom stereocenters. The summed E-state index contributed by atoms with van der Waals surface area (Å²) < 4.78 is 31.8. The van der Waals surface area contributed by atoms with Crippen molar-refractivity contribution in [1.82, 2.24) is 4.98 Å². The largest absolute Gasteiger partial charge is 0.507 e. The summed E-state index contributed by atoms with van der Waals surface area (Å²) in [4.78, 5) is 33.1. The summed E-state index contributed by atoms with van der Waals surface area (Å²) in [7, 11) is 0. The molecule has 1 fully saturated rings. The molecule has 0 spiro atoms. The van der Waals surface area contributed by atoms with Gasteiger partial charge in [-0.3, -0.25) is 14.5 Å². The second-order valence-electron chi connectivity index (χ2n) is 9.80. The summed E-state index contributed by atoms with van der Waals surface area (Å²) in [6.45, 7) is 6.43. The van der Waals surface area contributed by atoms with E-state index in [-0.39, 0.29) is 22.6 Å². The van der Waals surface area contributed by atoms with E-state index in [0.29, 0.717) is 52.5 Å². The number of fused-ring (bicyclic) bond motifs is 2. The number of halogens is 1. The Morgan fingerprint density at radius 1 is 1.07 bits per heavy atom. The van der Waals surface area contributed by atoms with Crippen LogP contribution in [0.25, 0.3) is 16.0 Å². The lowest BCUT2D eigenvalue weighted by molar-refractivity contribution is -0.132. The van der Waals surface area contributed by atoms with Crippen molar-refractivity contribution in [3.8, 4) is 17.2 Å². The van der Waals surface area contributed by atoms with Gasteiger partial charge in [0.15, 0.2) is 16.6 Å². The average Bonchev–Trinajstić information content (AvgIpc) is 3.61. The first-order valence-electron chi connectivity index (χ1n) is 13.4. The molecule has 0 saturated carbocycles. The fourth-order valence-electron chi connectivity index (χ4n) is 5.30. The molecule has 1 aromatic heterocycles. The number of carbonyl (C=O) groups excluding carboxylic acids is 2. The van der Waals surface area contributed by atoms with Crippen LogP contribution in [-0.4, -0.2) is 41.1 Å². The van der Waals surface area contributed by atoms with Gasteiger partial charge in [-0.1, -0.05) is 17.4 Å². The summed E-state index contributed by atoms with van der Waals surface area (Å²) in [6, 6.07) is 13.5. The number of benzene rings is 3. The van der Waals surface area contributed by atoms with Gasteiger partial charge >= 0.3 is 5.91 Å². The Balaban J connectivity index is 1.55. The first kappa shape index (κ1) is 26.8. The Bertz CT molecular complexity index is 1730. The Morgan fingerprint density at radius 3 is 2.63 bits per heavy atom. The molecule has 1 amide bonds. The minimum absolute atomic E-state index is 0.00214. The molecule has 1 saturated heterocycles. The Morgan fingerprint density at radius 2 is 1.85 bits per heavy atom. The van der Waals surface area contributed by atoms with Crippen molar-refractivity contribution in [2.45, 2.75) is 39.3 Å². The Hall–Kier alpha value is -4.44. The van der Waals surface area contributed by atoms with Crippen molar-refractivity contribution in [1.29, 1.82) is 0 Å². The number of anilines is 1. The van der Waals surface area contributed by atoms with E-state index in [2.05, 4.69) is 4.98 Å². The Kier molecular flexibility index (Phi) is 6.86. The molecule has 210 valence electrons. The lowest BCUT2D eigenvalue weighted by Gasteiger charge is -2.24. The molecule has 10 heteroatoms. The molecule has 3 heterocycles. The number of aromatic nitrogens is 1. The molecule has 0 radical (unpaired) electrons. The van der Waals surface area contributed by atoms with E-state index in [1.807, 2.05) is 20.8 Å². The van der Waals surface area contributed by atoms with Crippen LogP contribution in [0.2, 0.25) is 0 Å². The summed E-state index contributed by atoms with van der Waals surface area (Å²) in [5.74, 6) is -0.770. The number of carbonyl (C=O) groups is 2. The highest BCUT2D eigenvalue weighted by Crippen LogP contribution is 2.46. The lowest BCUT2D eigenvalue weighted by atomic mass is 9.94. The number of Topliss-reactive ketones (excluding diaryl/α,β-unsaturated/α-hetero) is 1. The first-order chi connectivity index (χ1) is 19.8. The van der Waals surface area contributed by atoms with Crippen molar-refractivity contribution >= 4 is 44.1 Å². The van der Waals surface area contributed by atoms with Crippen LogP contribution < -0.4 is 19.1 Å². The van der Waals surface area contributed by atoms with E-state index in [1.165, 1.54) is 23.1 Å². The van der Waals surface area contributed by atoms with Crippen LogP contribution >= 0.6 is 11.3 Å². The van der Waals surface area contributed by atoms with Gasteiger partial charge < -0.3 is 19.3 Å². The van der Waals surface area contributed by atoms with Crippen LogP contribution in [0, 0.1) is 5.82 Å². The molecule has 41 heavy (non-hydrogen) atoms. The van der Waals surface area contributed by atoms with Gasteiger partial charge in [-0.2, -0.15) is 0 Å². The van der Waals surface area contributed by atoms with Gasteiger partial charge in [-0.15, -0.1) is 0 Å². The number of aliphatic hydroxyl groups is 1. The molecular weight excluding hydrogens is 547 g/mol. The summed E-state index contributed by atoms with van der Waals surface area (Å²) >= 11 is 1.09. The van der Waals surface area contributed by atoms with Crippen LogP contribution in [0.3, 0.4) is 0 Å². The third-order valence-corrected chi connectivity index (χ3v) is 8.06. The molecule has 2 aliphatic heterocycles. The van der Waals surface area contributed by atoms with Crippen LogP contribution in [0.15, 0.2) is 60.2 Å². The highest BCUT2D eigenvalue weighted by Gasteiger charge is 2.48. The number of ether oxygens (including phenoxy) is 3. The van der Waals surface area contributed by atoms with Gasteiger partial charge in [0.2, 0.25) is 0 Å². The number of rotatable bonds is 7. The second kappa shape index (κ2) is 10.5. The normalized spacial score (nSPS) is 19.5. The molecule has 6 rings (SSSR count). The molecule has 3 aromatic carbocycles. The molecule has 1 N–H and O–H groups in total. The molecular formula is C31H27FN2O6S. The quantitative estimate of drug-likeness (QED) is 0.160. The van der Waals surface area contributed by atoms with E-state index in [0.717, 1.165) is 22.6 Å². The number of aliphatic hydroxyl groups excluding tert-OH is 1. The predicted molar refractivity (Wildman–Crippen MR) is 153 cm³/mol. The number of hydrogen-bond acceptors (Lipinski definition) is 8. The van der Waals surface area contributed by atoms with Crippen LogP contribution in [0.1, 0.15) is 43.5 Å². The summed E-state index contributed by atoms with van der Waals surface area (Å²) in [5.41, 5.74) is 2.22. The first-order valence-corrected chi connectivity index (χ1v) is 14.2. The van der Waals surface area contributed by atoms with E-state index in [1.54, 1.807) is 36.4 Å². The van der Waals surface area contributed by atoms with Gasteiger partial charge in [-0.05, 0) is 80.4 Å². The minimum Gasteiger partial charge on any atom is -0.507 e. The lowest BCUT2D eigenvalue weighted by Crippen LogP contribution is -2.29. The van der Waals surface area contributed by atoms with Crippen LogP contribution in [0.4, 0.5) is 9.52 Å². The smallest absolute Gasteiger partial charge is 0.301 e. The van der Waals surface area contributed by atoms with Gasteiger partial charge in [0.25, 0.3) is 5.78 Å². The van der Waals surface area contributed by atoms with E-state index in [4.69, 9.17) is 14.2 Å². The number of hydrogen-bond donors (Lipinski definition) is 1. The summed E-state index contributed by atoms with van der Waals surface area (Å²) in [6.07, 6.45) is 0.658.